The molecule has 0 atom stereocenters. The first-order valence-electron chi connectivity index (χ1n) is 13.8. The van der Waals surface area contributed by atoms with Crippen molar-refractivity contribution in [1.29, 1.82) is 0 Å². The number of Topliss-reactive ketones (excluding diaryl/α,β-unsaturated/α-hetero) is 2. The number of carbonyl (C=O) groups is 2. The van der Waals surface area contributed by atoms with Gasteiger partial charge in [0, 0.05) is 47.1 Å². The Morgan fingerprint density at radius 3 is 1.74 bits per heavy atom. The van der Waals surface area contributed by atoms with Gasteiger partial charge in [-0.15, -0.1) is 0 Å². The van der Waals surface area contributed by atoms with Crippen LogP contribution in [0.3, 0.4) is 0 Å². The van der Waals surface area contributed by atoms with Crippen LogP contribution < -0.4 is 0 Å². The first kappa shape index (κ1) is 29.4. The van der Waals surface area contributed by atoms with Gasteiger partial charge in [0.05, 0.1) is 11.1 Å². The summed E-state index contributed by atoms with van der Waals surface area (Å²) < 4.78 is 15.7. The zero-order chi connectivity index (χ0) is 31.2. The summed E-state index contributed by atoms with van der Waals surface area (Å²) in [7, 11) is 0. The fourth-order valence-corrected chi connectivity index (χ4v) is 5.73. The molecular formula is C35H32FNO6. The van der Waals surface area contributed by atoms with E-state index in [1.54, 1.807) is 26.0 Å². The maximum atomic E-state index is 13.8. The van der Waals surface area contributed by atoms with E-state index in [0.717, 1.165) is 16.5 Å². The normalized spacial score (nSPS) is 11.3. The van der Waals surface area contributed by atoms with E-state index in [-0.39, 0.29) is 75.5 Å². The quantitative estimate of drug-likeness (QED) is 0.149. The molecule has 7 nitrogen and oxygen atoms in total. The number of halogens is 1. The van der Waals surface area contributed by atoms with Crippen LogP contribution in [0.15, 0.2) is 60.7 Å². The molecule has 4 aromatic carbocycles. The first-order valence-corrected chi connectivity index (χ1v) is 13.8. The molecule has 0 radical (unpaired) electrons. The van der Waals surface area contributed by atoms with Gasteiger partial charge >= 0.3 is 0 Å². The van der Waals surface area contributed by atoms with E-state index in [2.05, 4.69) is 0 Å². The largest absolute Gasteiger partial charge is 0.507 e. The molecule has 0 amide bonds. The Morgan fingerprint density at radius 1 is 0.698 bits per heavy atom. The van der Waals surface area contributed by atoms with Gasteiger partial charge in [-0.25, -0.2) is 4.39 Å². The van der Waals surface area contributed by atoms with Gasteiger partial charge in [0.25, 0.3) is 0 Å². The topological polar surface area (TPSA) is 120 Å². The lowest BCUT2D eigenvalue weighted by molar-refractivity contribution is 0.100. The molecule has 0 aliphatic carbocycles. The minimum absolute atomic E-state index is 0.0127. The van der Waals surface area contributed by atoms with Gasteiger partial charge in [-0.05, 0) is 80.3 Å². The van der Waals surface area contributed by atoms with Crippen LogP contribution in [0.4, 0.5) is 4.39 Å². The summed E-state index contributed by atoms with van der Waals surface area (Å²) in [6, 6.07) is 16.5. The lowest BCUT2D eigenvalue weighted by Crippen LogP contribution is -2.09. The predicted molar refractivity (Wildman–Crippen MR) is 162 cm³/mol. The number of benzene rings is 4. The number of ketones is 2. The van der Waals surface area contributed by atoms with E-state index in [9.17, 15) is 34.4 Å². The maximum Gasteiger partial charge on any atom is 0.163 e. The second-order valence-electron chi connectivity index (χ2n) is 11.0. The number of aromatic hydroxyl groups is 4. The van der Waals surface area contributed by atoms with Crippen LogP contribution >= 0.6 is 0 Å². The summed E-state index contributed by atoms with van der Waals surface area (Å²) in [5.74, 6) is -2.05. The van der Waals surface area contributed by atoms with Gasteiger partial charge in [0.1, 0.15) is 28.8 Å². The molecule has 0 unspecified atom stereocenters. The molecule has 8 heteroatoms. The minimum Gasteiger partial charge on any atom is -0.507 e. The number of para-hydroxylation sites is 1. The van der Waals surface area contributed by atoms with Crippen molar-refractivity contribution >= 4 is 22.5 Å². The maximum absolute atomic E-state index is 13.8. The second kappa shape index (κ2) is 11.3. The van der Waals surface area contributed by atoms with Gasteiger partial charge in [0.2, 0.25) is 0 Å². The second-order valence-corrected chi connectivity index (χ2v) is 11.0. The molecule has 0 saturated carbocycles. The number of nitrogens with zero attached hydrogens (tertiary/aromatic N) is 1. The van der Waals surface area contributed by atoms with E-state index in [1.807, 2.05) is 28.8 Å². The van der Waals surface area contributed by atoms with Crippen LogP contribution in [0.5, 0.6) is 23.0 Å². The highest BCUT2D eigenvalue weighted by molar-refractivity contribution is 5.99. The van der Waals surface area contributed by atoms with Gasteiger partial charge in [-0.3, -0.25) is 9.59 Å². The third-order valence-corrected chi connectivity index (χ3v) is 8.03. The Bertz CT molecular complexity index is 1920. The van der Waals surface area contributed by atoms with Crippen LogP contribution in [-0.2, 0) is 19.4 Å². The van der Waals surface area contributed by atoms with E-state index >= 15 is 0 Å². The summed E-state index contributed by atoms with van der Waals surface area (Å²) in [4.78, 5) is 24.7. The molecule has 5 rings (SSSR count). The van der Waals surface area contributed by atoms with Crippen molar-refractivity contribution in [2.45, 2.75) is 47.1 Å². The smallest absolute Gasteiger partial charge is 0.163 e. The predicted octanol–water partition coefficient (Wildman–Crippen LogP) is 6.85. The Balaban J connectivity index is 1.81. The minimum atomic E-state index is -0.375. The summed E-state index contributed by atoms with van der Waals surface area (Å²) in [6.45, 7) is 6.27. The standard InChI is InChI=1S/C35H32FNO6/c1-18-13-25(20(3)38)34(42)28(32(18)40)15-27-24-7-5-6-8-30(24)37(17-22-9-11-23(36)12-10-22)31(27)16-29-33(41)19(2)14-26(21(4)39)35(29)43/h5-14,40-43H,15-17H2,1-4H3. The Labute approximate surface area is 248 Å². The molecule has 0 saturated heterocycles. The van der Waals surface area contributed by atoms with Crippen molar-refractivity contribution in [3.05, 3.63) is 117 Å². The van der Waals surface area contributed by atoms with Crippen LogP contribution in [0.1, 0.15) is 73.6 Å². The molecular weight excluding hydrogens is 549 g/mol. The summed E-state index contributed by atoms with van der Waals surface area (Å²) in [5.41, 5.74) is 4.19. The van der Waals surface area contributed by atoms with Gasteiger partial charge in [-0.2, -0.15) is 0 Å². The van der Waals surface area contributed by atoms with E-state index < -0.39 is 0 Å². The molecule has 0 aliphatic heterocycles. The average Bonchev–Trinajstić information content (AvgIpc) is 3.25. The zero-order valence-corrected chi connectivity index (χ0v) is 24.3. The monoisotopic (exact) mass is 581 g/mol. The van der Waals surface area contributed by atoms with Crippen molar-refractivity contribution in [3.63, 3.8) is 0 Å². The van der Waals surface area contributed by atoms with Crippen LogP contribution in [0, 0.1) is 19.7 Å². The number of hydrogen-bond donors (Lipinski definition) is 4. The SMILES string of the molecule is CC(=O)c1cc(C)c(O)c(Cc2c(Cc3c(O)c(C)cc(C(C)=O)c3O)n(Cc3ccc(F)cc3)c3ccccc23)c1O. The van der Waals surface area contributed by atoms with E-state index in [4.69, 9.17) is 0 Å². The van der Waals surface area contributed by atoms with Gasteiger partial charge in [0.15, 0.2) is 11.6 Å². The Hall–Kier alpha value is -5.11. The summed E-state index contributed by atoms with van der Waals surface area (Å²) in [6.07, 6.45) is -0.00344. The number of phenolic OH excluding ortho intramolecular Hbond substituents is 4. The average molecular weight is 582 g/mol. The Morgan fingerprint density at radius 2 is 1.21 bits per heavy atom. The number of phenols is 4. The summed E-state index contributed by atoms with van der Waals surface area (Å²) >= 11 is 0. The van der Waals surface area contributed by atoms with Crippen molar-refractivity contribution in [2.24, 2.45) is 0 Å². The van der Waals surface area contributed by atoms with Crippen LogP contribution in [0.2, 0.25) is 0 Å². The van der Waals surface area contributed by atoms with Crippen LogP contribution in [-0.4, -0.2) is 36.6 Å². The molecule has 4 N–H and O–H groups in total. The number of fused-ring (bicyclic) bond motifs is 1. The molecule has 0 aliphatic rings. The lowest BCUT2D eigenvalue weighted by Gasteiger charge is -2.18. The highest BCUT2D eigenvalue weighted by Crippen LogP contribution is 2.42. The molecule has 5 aromatic rings. The molecule has 0 bridgehead atoms. The number of carbonyl (C=O) groups excluding carboxylic acids is 2. The fourth-order valence-electron chi connectivity index (χ4n) is 5.73. The Kier molecular flexibility index (Phi) is 7.71. The first-order chi connectivity index (χ1) is 20.4. The number of hydrogen-bond acceptors (Lipinski definition) is 6. The van der Waals surface area contributed by atoms with Gasteiger partial charge in [-0.1, -0.05) is 30.3 Å². The molecule has 1 heterocycles. The van der Waals surface area contributed by atoms with Crippen molar-refractivity contribution in [3.8, 4) is 23.0 Å². The van der Waals surface area contributed by atoms with Crippen molar-refractivity contribution < 1.29 is 34.4 Å². The van der Waals surface area contributed by atoms with E-state index in [0.29, 0.717) is 28.9 Å². The highest BCUT2D eigenvalue weighted by atomic mass is 19.1. The zero-order valence-electron chi connectivity index (χ0n) is 24.3. The third-order valence-electron chi connectivity index (χ3n) is 8.03. The number of aromatic nitrogens is 1. The summed E-state index contributed by atoms with van der Waals surface area (Å²) in [5, 5.41) is 45.2. The highest BCUT2D eigenvalue weighted by Gasteiger charge is 2.26. The van der Waals surface area contributed by atoms with Gasteiger partial charge < -0.3 is 25.0 Å². The van der Waals surface area contributed by atoms with E-state index in [1.165, 1.54) is 38.1 Å². The van der Waals surface area contributed by atoms with Crippen molar-refractivity contribution in [2.75, 3.05) is 0 Å². The number of aryl methyl sites for hydroxylation is 2. The number of rotatable bonds is 8. The molecule has 0 fully saturated rings. The molecule has 43 heavy (non-hydrogen) atoms. The van der Waals surface area contributed by atoms with Crippen molar-refractivity contribution in [1.82, 2.24) is 4.57 Å². The fraction of sp³-hybridized carbons (Fsp3) is 0.200. The lowest BCUT2D eigenvalue weighted by atomic mass is 9.92. The molecule has 0 spiro atoms. The van der Waals surface area contributed by atoms with Crippen LogP contribution in [0.25, 0.3) is 10.9 Å². The molecule has 1 aromatic heterocycles. The third kappa shape index (κ3) is 5.32. The molecule has 220 valence electrons.